The second-order valence-corrected chi connectivity index (χ2v) is 4.82. The second-order valence-electron chi connectivity index (χ2n) is 4.39. The normalized spacial score (nSPS) is 11.2. The van der Waals surface area contributed by atoms with Crippen LogP contribution in [0.15, 0.2) is 53.7 Å². The molecule has 0 atom stereocenters. The van der Waals surface area contributed by atoms with Crippen molar-refractivity contribution in [3.8, 4) is 11.5 Å². The first kappa shape index (κ1) is 14.4. The third-order valence-electron chi connectivity index (χ3n) is 2.68. The van der Waals surface area contributed by atoms with Gasteiger partial charge in [0.2, 0.25) is 0 Å². The molecule has 4 heteroatoms. The second kappa shape index (κ2) is 6.96. The van der Waals surface area contributed by atoms with Crippen LogP contribution in [0.2, 0.25) is 5.02 Å². The van der Waals surface area contributed by atoms with Crippen molar-refractivity contribution in [1.82, 2.24) is 0 Å². The molecular weight excluding hydrogens is 274 g/mol. The van der Waals surface area contributed by atoms with Crippen LogP contribution in [0.1, 0.15) is 12.5 Å². The molecule has 0 radical (unpaired) electrons. The number of ether oxygens (including phenoxy) is 1. The fourth-order valence-corrected chi connectivity index (χ4v) is 1.92. The van der Waals surface area contributed by atoms with Crippen LogP contribution >= 0.6 is 11.6 Å². The molecule has 2 rings (SSSR count). The van der Waals surface area contributed by atoms with Gasteiger partial charge in [-0.25, -0.2) is 0 Å². The fraction of sp³-hybridized carbons (Fsp3) is 0.188. The average molecular weight is 290 g/mol. The summed E-state index contributed by atoms with van der Waals surface area (Å²) in [6.07, 6.45) is 0.759. The maximum atomic E-state index is 5.83. The van der Waals surface area contributed by atoms with Crippen molar-refractivity contribution in [2.75, 3.05) is 7.11 Å². The molecule has 0 aliphatic heterocycles. The van der Waals surface area contributed by atoms with Crippen molar-refractivity contribution in [3.63, 3.8) is 0 Å². The summed E-state index contributed by atoms with van der Waals surface area (Å²) >= 11 is 5.83. The minimum Gasteiger partial charge on any atom is -0.457 e. The van der Waals surface area contributed by atoms with Gasteiger partial charge in [-0.05, 0) is 48.9 Å². The lowest BCUT2D eigenvalue weighted by Crippen LogP contribution is -1.98. The van der Waals surface area contributed by atoms with Gasteiger partial charge in [-0.3, -0.25) is 0 Å². The number of halogens is 1. The molecule has 0 saturated carbocycles. The topological polar surface area (TPSA) is 30.8 Å². The molecule has 0 unspecified atom stereocenters. The standard InChI is InChI=1S/C16H16ClNO2/c1-12(18-19-2)11-13-3-7-15(8-4-13)20-16-9-5-14(17)6-10-16/h3-10H,11H2,1-2H3/b18-12-. The lowest BCUT2D eigenvalue weighted by atomic mass is 10.1. The van der Waals surface area contributed by atoms with Gasteiger partial charge in [-0.2, -0.15) is 0 Å². The summed E-state index contributed by atoms with van der Waals surface area (Å²) in [4.78, 5) is 4.74. The fourth-order valence-electron chi connectivity index (χ4n) is 1.80. The van der Waals surface area contributed by atoms with E-state index in [2.05, 4.69) is 5.16 Å². The molecule has 2 aromatic carbocycles. The number of oxime groups is 1. The van der Waals surface area contributed by atoms with E-state index in [1.165, 1.54) is 0 Å². The summed E-state index contributed by atoms with van der Waals surface area (Å²) in [6.45, 7) is 1.93. The van der Waals surface area contributed by atoms with Crippen LogP contribution in [-0.2, 0) is 11.3 Å². The molecule has 0 amide bonds. The van der Waals surface area contributed by atoms with E-state index in [0.717, 1.165) is 29.2 Å². The number of nitrogens with zero attached hydrogens (tertiary/aromatic N) is 1. The zero-order valence-electron chi connectivity index (χ0n) is 11.5. The highest BCUT2D eigenvalue weighted by Crippen LogP contribution is 2.23. The van der Waals surface area contributed by atoms with E-state index in [4.69, 9.17) is 21.2 Å². The average Bonchev–Trinajstić information content (AvgIpc) is 2.44. The van der Waals surface area contributed by atoms with Crippen LogP contribution in [0.4, 0.5) is 0 Å². The summed E-state index contributed by atoms with van der Waals surface area (Å²) in [6, 6.07) is 15.2. The molecule has 0 aliphatic rings. The zero-order chi connectivity index (χ0) is 14.4. The minimum absolute atomic E-state index is 0.695. The Kier molecular flexibility index (Phi) is 5.02. The van der Waals surface area contributed by atoms with E-state index in [9.17, 15) is 0 Å². The van der Waals surface area contributed by atoms with E-state index >= 15 is 0 Å². The van der Waals surface area contributed by atoms with Gasteiger partial charge >= 0.3 is 0 Å². The summed E-state index contributed by atoms with van der Waals surface area (Å²) < 4.78 is 5.73. The van der Waals surface area contributed by atoms with E-state index in [1.54, 1.807) is 19.2 Å². The number of rotatable bonds is 5. The van der Waals surface area contributed by atoms with Crippen molar-refractivity contribution in [2.45, 2.75) is 13.3 Å². The van der Waals surface area contributed by atoms with Crippen LogP contribution in [0.5, 0.6) is 11.5 Å². The summed E-state index contributed by atoms with van der Waals surface area (Å²) in [5.74, 6) is 1.55. The molecule has 0 spiro atoms. The van der Waals surface area contributed by atoms with E-state index in [0.29, 0.717) is 5.02 Å². The lowest BCUT2D eigenvalue weighted by Gasteiger charge is -2.07. The number of hydrogen-bond acceptors (Lipinski definition) is 3. The van der Waals surface area contributed by atoms with E-state index in [-0.39, 0.29) is 0 Å². The Labute approximate surface area is 123 Å². The Hall–Kier alpha value is -2.00. The van der Waals surface area contributed by atoms with Gasteiger partial charge < -0.3 is 9.57 Å². The predicted molar refractivity (Wildman–Crippen MR) is 81.8 cm³/mol. The lowest BCUT2D eigenvalue weighted by molar-refractivity contribution is 0.212. The van der Waals surface area contributed by atoms with Crippen molar-refractivity contribution in [1.29, 1.82) is 0 Å². The molecule has 0 N–H and O–H groups in total. The maximum Gasteiger partial charge on any atom is 0.127 e. The third-order valence-corrected chi connectivity index (χ3v) is 2.93. The Morgan fingerprint density at radius 2 is 1.55 bits per heavy atom. The Morgan fingerprint density at radius 3 is 2.10 bits per heavy atom. The largest absolute Gasteiger partial charge is 0.457 e. The molecule has 0 heterocycles. The molecule has 0 bridgehead atoms. The third kappa shape index (κ3) is 4.28. The van der Waals surface area contributed by atoms with Gasteiger partial charge in [-0.15, -0.1) is 0 Å². The van der Waals surface area contributed by atoms with Crippen molar-refractivity contribution < 1.29 is 9.57 Å². The van der Waals surface area contributed by atoms with Gasteiger partial charge in [0, 0.05) is 11.4 Å². The van der Waals surface area contributed by atoms with Crippen LogP contribution in [-0.4, -0.2) is 12.8 Å². The first-order valence-corrected chi connectivity index (χ1v) is 6.64. The summed E-state index contributed by atoms with van der Waals surface area (Å²) in [5.41, 5.74) is 2.09. The highest BCUT2D eigenvalue weighted by atomic mass is 35.5. The van der Waals surface area contributed by atoms with E-state index in [1.807, 2.05) is 43.3 Å². The Balaban J connectivity index is 2.01. The van der Waals surface area contributed by atoms with Crippen molar-refractivity contribution in [3.05, 3.63) is 59.1 Å². The predicted octanol–water partition coefficient (Wildman–Crippen LogP) is 4.70. The molecule has 3 nitrogen and oxygen atoms in total. The summed E-state index contributed by atoms with van der Waals surface area (Å²) in [7, 11) is 1.55. The van der Waals surface area contributed by atoms with Crippen LogP contribution in [0.3, 0.4) is 0 Å². The first-order valence-electron chi connectivity index (χ1n) is 6.26. The van der Waals surface area contributed by atoms with E-state index < -0.39 is 0 Å². The maximum absolute atomic E-state index is 5.83. The number of hydrogen-bond donors (Lipinski definition) is 0. The van der Waals surface area contributed by atoms with Crippen LogP contribution in [0, 0.1) is 0 Å². The molecule has 2 aromatic rings. The first-order chi connectivity index (χ1) is 9.67. The minimum atomic E-state index is 0.695. The van der Waals surface area contributed by atoms with Gasteiger partial charge in [0.25, 0.3) is 0 Å². The van der Waals surface area contributed by atoms with Crippen LogP contribution < -0.4 is 4.74 Å². The van der Waals surface area contributed by atoms with Gasteiger partial charge in [0.05, 0.1) is 5.71 Å². The highest BCUT2D eigenvalue weighted by Gasteiger charge is 2.00. The van der Waals surface area contributed by atoms with Crippen LogP contribution in [0.25, 0.3) is 0 Å². The number of benzene rings is 2. The SMILES string of the molecule is CO/N=C(/C)Cc1ccc(Oc2ccc(Cl)cc2)cc1. The Bertz CT molecular complexity index is 576. The van der Waals surface area contributed by atoms with Gasteiger partial charge in [-0.1, -0.05) is 28.9 Å². The van der Waals surface area contributed by atoms with Crippen molar-refractivity contribution in [2.24, 2.45) is 5.16 Å². The summed E-state index contributed by atoms with van der Waals surface area (Å²) in [5, 5.41) is 4.59. The Morgan fingerprint density at radius 1 is 1.00 bits per heavy atom. The smallest absolute Gasteiger partial charge is 0.127 e. The monoisotopic (exact) mass is 289 g/mol. The zero-order valence-corrected chi connectivity index (χ0v) is 12.2. The molecule has 20 heavy (non-hydrogen) atoms. The van der Waals surface area contributed by atoms with Gasteiger partial charge in [0.1, 0.15) is 18.6 Å². The molecule has 0 fully saturated rings. The van der Waals surface area contributed by atoms with Gasteiger partial charge in [0.15, 0.2) is 0 Å². The van der Waals surface area contributed by atoms with Crippen molar-refractivity contribution >= 4 is 17.3 Å². The molecule has 0 aromatic heterocycles. The molecule has 0 aliphatic carbocycles. The molecular formula is C16H16ClNO2. The highest BCUT2D eigenvalue weighted by molar-refractivity contribution is 6.30. The molecule has 0 saturated heterocycles. The molecule has 104 valence electrons. The quantitative estimate of drug-likeness (QED) is 0.590.